The summed E-state index contributed by atoms with van der Waals surface area (Å²) in [4.78, 5) is 0. The highest BCUT2D eigenvalue weighted by Crippen LogP contribution is 2.33. The zero-order valence-corrected chi connectivity index (χ0v) is 14.3. The molecule has 0 aliphatic heterocycles. The van der Waals surface area contributed by atoms with Crippen molar-refractivity contribution in [3.8, 4) is 5.75 Å². The van der Waals surface area contributed by atoms with Gasteiger partial charge < -0.3 is 10.1 Å². The van der Waals surface area contributed by atoms with Gasteiger partial charge in [0.15, 0.2) is 0 Å². The maximum absolute atomic E-state index is 5.47. The van der Waals surface area contributed by atoms with E-state index in [4.69, 9.17) is 4.74 Å². The molecule has 1 unspecified atom stereocenters. The van der Waals surface area contributed by atoms with Gasteiger partial charge in [-0.15, -0.1) is 0 Å². The fourth-order valence-electron chi connectivity index (χ4n) is 2.75. The average Bonchev–Trinajstić information content (AvgIpc) is 2.32. The third-order valence-corrected chi connectivity index (χ3v) is 3.55. The van der Waals surface area contributed by atoms with E-state index in [1.54, 1.807) is 7.11 Å². The van der Waals surface area contributed by atoms with Gasteiger partial charge >= 0.3 is 0 Å². The third kappa shape index (κ3) is 4.82. The molecule has 0 saturated carbocycles. The summed E-state index contributed by atoms with van der Waals surface area (Å²) in [6, 6.07) is 4.95. The van der Waals surface area contributed by atoms with Crippen molar-refractivity contribution < 1.29 is 4.74 Å². The fourth-order valence-corrected chi connectivity index (χ4v) is 2.75. The first-order valence-corrected chi connectivity index (χ1v) is 7.67. The molecule has 2 heteroatoms. The standard InChI is InChI=1S/C18H31NO/c1-8-9-19-16(12-18(4,5)6)15-10-13(2)17(20-7)14(3)11-15/h10-11,16,19H,8-9,12H2,1-7H3. The number of nitrogens with one attached hydrogen (secondary N) is 1. The van der Waals surface area contributed by atoms with Gasteiger partial charge in [0.2, 0.25) is 0 Å². The van der Waals surface area contributed by atoms with Crippen LogP contribution in [0.1, 0.15) is 63.3 Å². The van der Waals surface area contributed by atoms with Gasteiger partial charge in [0, 0.05) is 6.04 Å². The van der Waals surface area contributed by atoms with Gasteiger partial charge in [0.1, 0.15) is 5.75 Å². The normalized spacial score (nSPS) is 13.3. The minimum atomic E-state index is 0.313. The molecule has 0 saturated heterocycles. The molecule has 0 aliphatic carbocycles. The van der Waals surface area contributed by atoms with Gasteiger partial charge in [-0.25, -0.2) is 0 Å². The van der Waals surface area contributed by atoms with Gasteiger partial charge in [-0.1, -0.05) is 39.8 Å². The summed E-state index contributed by atoms with van der Waals surface area (Å²) in [5, 5.41) is 3.69. The molecular weight excluding hydrogens is 246 g/mol. The monoisotopic (exact) mass is 277 g/mol. The van der Waals surface area contributed by atoms with E-state index in [9.17, 15) is 0 Å². The molecule has 0 heterocycles. The first kappa shape index (κ1) is 17.0. The maximum Gasteiger partial charge on any atom is 0.124 e. The lowest BCUT2D eigenvalue weighted by molar-refractivity contribution is 0.311. The van der Waals surface area contributed by atoms with E-state index in [1.807, 2.05) is 0 Å². The summed E-state index contributed by atoms with van der Waals surface area (Å²) in [5.41, 5.74) is 4.14. The molecule has 0 spiro atoms. The molecule has 0 bridgehead atoms. The van der Waals surface area contributed by atoms with Crippen molar-refractivity contribution in [2.45, 2.75) is 60.4 Å². The molecule has 1 aromatic carbocycles. The van der Waals surface area contributed by atoms with Crippen molar-refractivity contribution in [2.75, 3.05) is 13.7 Å². The summed E-state index contributed by atoms with van der Waals surface area (Å²) in [6.07, 6.45) is 2.30. The Morgan fingerprint density at radius 3 is 2.10 bits per heavy atom. The summed E-state index contributed by atoms with van der Waals surface area (Å²) in [5.74, 6) is 1.01. The van der Waals surface area contributed by atoms with Gasteiger partial charge in [-0.05, 0) is 55.3 Å². The van der Waals surface area contributed by atoms with E-state index in [0.717, 1.165) is 25.1 Å². The molecule has 20 heavy (non-hydrogen) atoms. The van der Waals surface area contributed by atoms with Crippen molar-refractivity contribution in [3.05, 3.63) is 28.8 Å². The highest BCUT2D eigenvalue weighted by Gasteiger charge is 2.21. The van der Waals surface area contributed by atoms with Crippen LogP contribution < -0.4 is 10.1 Å². The zero-order valence-electron chi connectivity index (χ0n) is 14.3. The van der Waals surface area contributed by atoms with Crippen molar-refractivity contribution in [1.82, 2.24) is 5.32 Å². The second-order valence-electron chi connectivity index (χ2n) is 6.96. The van der Waals surface area contributed by atoms with E-state index >= 15 is 0 Å². The quantitative estimate of drug-likeness (QED) is 0.807. The van der Waals surface area contributed by atoms with Crippen LogP contribution in [-0.4, -0.2) is 13.7 Å². The van der Waals surface area contributed by atoms with Crippen molar-refractivity contribution in [2.24, 2.45) is 5.41 Å². The zero-order chi connectivity index (χ0) is 15.3. The Kier molecular flexibility index (Phi) is 6.07. The molecule has 0 aromatic heterocycles. The van der Waals surface area contributed by atoms with Crippen LogP contribution in [0.25, 0.3) is 0 Å². The average molecular weight is 277 g/mol. The first-order valence-electron chi connectivity index (χ1n) is 7.67. The SMILES string of the molecule is CCCNC(CC(C)(C)C)c1cc(C)c(OC)c(C)c1. The third-order valence-electron chi connectivity index (χ3n) is 3.55. The second kappa shape index (κ2) is 7.12. The Bertz CT molecular complexity index is 409. The van der Waals surface area contributed by atoms with Crippen LogP contribution in [0.5, 0.6) is 5.75 Å². The van der Waals surface area contributed by atoms with Gasteiger partial charge in [-0.3, -0.25) is 0 Å². The van der Waals surface area contributed by atoms with E-state index in [0.29, 0.717) is 11.5 Å². The predicted octanol–water partition coefficient (Wildman–Crippen LogP) is 4.79. The van der Waals surface area contributed by atoms with Gasteiger partial charge in [0.25, 0.3) is 0 Å². The minimum absolute atomic E-state index is 0.313. The highest BCUT2D eigenvalue weighted by molar-refractivity contribution is 5.44. The van der Waals surface area contributed by atoms with E-state index < -0.39 is 0 Å². The number of hydrogen-bond donors (Lipinski definition) is 1. The Morgan fingerprint density at radius 1 is 1.15 bits per heavy atom. The number of aryl methyl sites for hydroxylation is 2. The number of benzene rings is 1. The minimum Gasteiger partial charge on any atom is -0.496 e. The van der Waals surface area contributed by atoms with Crippen LogP contribution >= 0.6 is 0 Å². The number of rotatable bonds is 6. The Hall–Kier alpha value is -1.02. The Labute approximate surface area is 124 Å². The molecule has 0 amide bonds. The molecule has 1 N–H and O–H groups in total. The topological polar surface area (TPSA) is 21.3 Å². The van der Waals surface area contributed by atoms with Crippen LogP contribution in [0.3, 0.4) is 0 Å². The van der Waals surface area contributed by atoms with E-state index in [2.05, 4.69) is 59.0 Å². The lowest BCUT2D eigenvalue weighted by Gasteiger charge is -2.28. The largest absolute Gasteiger partial charge is 0.496 e. The summed E-state index contributed by atoms with van der Waals surface area (Å²) < 4.78 is 5.47. The van der Waals surface area contributed by atoms with Gasteiger partial charge in [-0.2, -0.15) is 0 Å². The number of hydrogen-bond acceptors (Lipinski definition) is 2. The smallest absolute Gasteiger partial charge is 0.124 e. The lowest BCUT2D eigenvalue weighted by Crippen LogP contribution is -2.26. The molecule has 1 aromatic rings. The van der Waals surface area contributed by atoms with Crippen LogP contribution in [0.2, 0.25) is 0 Å². The molecule has 0 radical (unpaired) electrons. The van der Waals surface area contributed by atoms with E-state index in [1.165, 1.54) is 16.7 Å². The molecule has 114 valence electrons. The molecular formula is C18H31NO. The van der Waals surface area contributed by atoms with Crippen LogP contribution in [-0.2, 0) is 0 Å². The summed E-state index contributed by atoms with van der Waals surface area (Å²) >= 11 is 0. The maximum atomic E-state index is 5.47. The van der Waals surface area contributed by atoms with Crippen molar-refractivity contribution in [1.29, 1.82) is 0 Å². The molecule has 1 atom stereocenters. The van der Waals surface area contributed by atoms with Crippen LogP contribution in [0, 0.1) is 19.3 Å². The number of ether oxygens (including phenoxy) is 1. The predicted molar refractivity (Wildman–Crippen MR) is 87.6 cm³/mol. The molecule has 0 fully saturated rings. The van der Waals surface area contributed by atoms with Crippen LogP contribution in [0.4, 0.5) is 0 Å². The van der Waals surface area contributed by atoms with Gasteiger partial charge in [0.05, 0.1) is 7.11 Å². The lowest BCUT2D eigenvalue weighted by atomic mass is 9.84. The molecule has 0 aliphatic rings. The first-order chi connectivity index (χ1) is 9.28. The summed E-state index contributed by atoms with van der Waals surface area (Å²) in [6.45, 7) is 14.4. The van der Waals surface area contributed by atoms with Crippen molar-refractivity contribution in [3.63, 3.8) is 0 Å². The Morgan fingerprint density at radius 2 is 1.70 bits per heavy atom. The van der Waals surface area contributed by atoms with Crippen molar-refractivity contribution >= 4 is 0 Å². The fraction of sp³-hybridized carbons (Fsp3) is 0.667. The second-order valence-corrected chi connectivity index (χ2v) is 6.96. The van der Waals surface area contributed by atoms with E-state index in [-0.39, 0.29) is 0 Å². The molecule has 1 rings (SSSR count). The molecule has 2 nitrogen and oxygen atoms in total. The van der Waals surface area contributed by atoms with Crippen LogP contribution in [0.15, 0.2) is 12.1 Å². The highest BCUT2D eigenvalue weighted by atomic mass is 16.5. The summed E-state index contributed by atoms with van der Waals surface area (Å²) in [7, 11) is 1.75. The Balaban J connectivity index is 3.07. The number of methoxy groups -OCH3 is 1.